The van der Waals surface area contributed by atoms with Crippen molar-refractivity contribution in [3.05, 3.63) is 53.1 Å². The molecule has 2 amide bonds. The summed E-state index contributed by atoms with van der Waals surface area (Å²) in [5.74, 6) is 0.865. The molecule has 1 aliphatic rings. The zero-order chi connectivity index (χ0) is 17.8. The molecule has 1 saturated heterocycles. The largest absolute Gasteiger partial charge is 0.495 e. The lowest BCUT2D eigenvalue weighted by Gasteiger charge is -2.36. The number of anilines is 2. The van der Waals surface area contributed by atoms with Crippen LogP contribution in [-0.4, -0.2) is 44.2 Å². The summed E-state index contributed by atoms with van der Waals surface area (Å²) in [6.07, 6.45) is 0. The lowest BCUT2D eigenvalue weighted by molar-refractivity contribution is 0.208. The number of piperazine rings is 1. The van der Waals surface area contributed by atoms with Crippen LogP contribution in [0.15, 0.2) is 42.5 Å². The monoisotopic (exact) mass is 359 g/mol. The first-order valence-electron chi connectivity index (χ1n) is 8.28. The first-order valence-corrected chi connectivity index (χ1v) is 8.65. The number of carbonyl (C=O) groups is 1. The second-order valence-electron chi connectivity index (χ2n) is 6.09. The van der Waals surface area contributed by atoms with Gasteiger partial charge in [-0.15, -0.1) is 0 Å². The van der Waals surface area contributed by atoms with E-state index in [1.807, 2.05) is 17.0 Å². The summed E-state index contributed by atoms with van der Waals surface area (Å²) >= 11 is 5.87. The van der Waals surface area contributed by atoms with E-state index in [0.29, 0.717) is 18.1 Å². The Bertz CT molecular complexity index is 741. The van der Waals surface area contributed by atoms with Gasteiger partial charge in [-0.25, -0.2) is 4.79 Å². The number of aryl methyl sites for hydroxylation is 1. The van der Waals surface area contributed by atoms with E-state index in [0.717, 1.165) is 30.2 Å². The van der Waals surface area contributed by atoms with Crippen molar-refractivity contribution in [3.63, 3.8) is 0 Å². The molecule has 1 heterocycles. The number of benzene rings is 2. The van der Waals surface area contributed by atoms with E-state index in [2.05, 4.69) is 23.2 Å². The third kappa shape index (κ3) is 4.17. The minimum atomic E-state index is -0.0850. The van der Waals surface area contributed by atoms with Crippen molar-refractivity contribution >= 4 is 29.0 Å². The zero-order valence-electron chi connectivity index (χ0n) is 14.5. The molecular weight excluding hydrogens is 338 g/mol. The maximum absolute atomic E-state index is 12.4. The van der Waals surface area contributed by atoms with Crippen molar-refractivity contribution in [1.29, 1.82) is 0 Å². The molecule has 6 heteroatoms. The van der Waals surface area contributed by atoms with Crippen molar-refractivity contribution in [2.45, 2.75) is 6.92 Å². The molecular formula is C19H22ClN3O2. The van der Waals surface area contributed by atoms with Gasteiger partial charge in [0.2, 0.25) is 0 Å². The second kappa shape index (κ2) is 7.66. The number of hydrogen-bond donors (Lipinski definition) is 1. The van der Waals surface area contributed by atoms with Crippen LogP contribution >= 0.6 is 11.6 Å². The van der Waals surface area contributed by atoms with Crippen LogP contribution in [0.2, 0.25) is 5.02 Å². The van der Waals surface area contributed by atoms with Crippen LogP contribution in [0.25, 0.3) is 0 Å². The molecule has 3 rings (SSSR count). The van der Waals surface area contributed by atoms with Gasteiger partial charge in [-0.2, -0.15) is 0 Å². The summed E-state index contributed by atoms with van der Waals surface area (Å²) in [6, 6.07) is 13.2. The molecule has 0 radical (unpaired) electrons. The Kier molecular flexibility index (Phi) is 5.34. The van der Waals surface area contributed by atoms with E-state index in [1.165, 1.54) is 5.56 Å². The van der Waals surface area contributed by atoms with E-state index < -0.39 is 0 Å². The van der Waals surface area contributed by atoms with Crippen LogP contribution in [0.1, 0.15) is 5.56 Å². The molecule has 0 spiro atoms. The number of hydrogen-bond acceptors (Lipinski definition) is 3. The van der Waals surface area contributed by atoms with Gasteiger partial charge in [0.1, 0.15) is 5.75 Å². The van der Waals surface area contributed by atoms with Gasteiger partial charge in [-0.05, 0) is 48.9 Å². The second-order valence-corrected chi connectivity index (χ2v) is 6.52. The van der Waals surface area contributed by atoms with Crippen LogP contribution in [0.5, 0.6) is 5.75 Å². The Hall–Kier alpha value is -2.40. The summed E-state index contributed by atoms with van der Waals surface area (Å²) in [6.45, 7) is 4.94. The number of rotatable bonds is 3. The molecule has 25 heavy (non-hydrogen) atoms. The summed E-state index contributed by atoms with van der Waals surface area (Å²) in [5, 5.41) is 3.56. The molecule has 1 fully saturated rings. The minimum Gasteiger partial charge on any atom is -0.495 e. The van der Waals surface area contributed by atoms with Gasteiger partial charge >= 0.3 is 6.03 Å². The van der Waals surface area contributed by atoms with Gasteiger partial charge in [0.15, 0.2) is 0 Å². The summed E-state index contributed by atoms with van der Waals surface area (Å²) < 4.78 is 5.47. The number of nitrogens with zero attached hydrogens (tertiary/aromatic N) is 2. The van der Waals surface area contributed by atoms with E-state index in [4.69, 9.17) is 16.3 Å². The first-order chi connectivity index (χ1) is 12.1. The Morgan fingerprint density at radius 3 is 2.40 bits per heavy atom. The molecule has 0 unspecified atom stereocenters. The Morgan fingerprint density at radius 1 is 1.08 bits per heavy atom. The molecule has 0 aromatic heterocycles. The van der Waals surface area contributed by atoms with Crippen molar-refractivity contribution in [1.82, 2.24) is 4.90 Å². The molecule has 2 aromatic carbocycles. The van der Waals surface area contributed by atoms with Crippen molar-refractivity contribution in [3.8, 4) is 5.75 Å². The Labute approximate surface area is 153 Å². The lowest BCUT2D eigenvalue weighted by Crippen LogP contribution is -2.50. The molecule has 0 atom stereocenters. The summed E-state index contributed by atoms with van der Waals surface area (Å²) in [5.41, 5.74) is 3.02. The minimum absolute atomic E-state index is 0.0850. The van der Waals surface area contributed by atoms with Gasteiger partial charge < -0.3 is 19.9 Å². The predicted molar refractivity (Wildman–Crippen MR) is 102 cm³/mol. The third-order valence-corrected chi connectivity index (χ3v) is 4.59. The molecule has 5 nitrogen and oxygen atoms in total. The van der Waals surface area contributed by atoms with Gasteiger partial charge in [-0.3, -0.25) is 0 Å². The molecule has 2 aromatic rings. The molecule has 1 N–H and O–H groups in total. The predicted octanol–water partition coefficient (Wildman–Crippen LogP) is 4.01. The normalized spacial score (nSPS) is 14.4. The van der Waals surface area contributed by atoms with Crippen molar-refractivity contribution in [2.24, 2.45) is 0 Å². The smallest absolute Gasteiger partial charge is 0.321 e. The van der Waals surface area contributed by atoms with Crippen molar-refractivity contribution in [2.75, 3.05) is 43.5 Å². The average molecular weight is 360 g/mol. The molecule has 0 aliphatic carbocycles. The SMILES string of the molecule is COc1ccc(C)cc1N1CCN(C(=O)Nc2ccc(Cl)cc2)CC1. The quantitative estimate of drug-likeness (QED) is 0.900. The number of amides is 2. The van der Waals surface area contributed by atoms with Gasteiger partial charge in [0.05, 0.1) is 12.8 Å². The molecule has 1 aliphatic heterocycles. The van der Waals surface area contributed by atoms with E-state index in [9.17, 15) is 4.79 Å². The van der Waals surface area contributed by atoms with Gasteiger partial charge in [-0.1, -0.05) is 17.7 Å². The molecule has 132 valence electrons. The van der Waals surface area contributed by atoms with E-state index >= 15 is 0 Å². The lowest BCUT2D eigenvalue weighted by atomic mass is 10.1. The van der Waals surface area contributed by atoms with Crippen molar-refractivity contribution < 1.29 is 9.53 Å². The highest BCUT2D eigenvalue weighted by Crippen LogP contribution is 2.30. The maximum Gasteiger partial charge on any atom is 0.321 e. The van der Waals surface area contributed by atoms with Crippen LogP contribution in [-0.2, 0) is 0 Å². The Morgan fingerprint density at radius 2 is 1.76 bits per heavy atom. The number of urea groups is 1. The first kappa shape index (κ1) is 17.4. The highest BCUT2D eigenvalue weighted by Gasteiger charge is 2.23. The molecule has 0 bridgehead atoms. The average Bonchev–Trinajstić information content (AvgIpc) is 2.63. The number of carbonyl (C=O) groups excluding carboxylic acids is 1. The Balaban J connectivity index is 1.61. The topological polar surface area (TPSA) is 44.8 Å². The fourth-order valence-corrected chi connectivity index (χ4v) is 3.06. The molecule has 0 saturated carbocycles. The highest BCUT2D eigenvalue weighted by molar-refractivity contribution is 6.30. The van der Waals surface area contributed by atoms with Crippen LogP contribution in [0.3, 0.4) is 0 Å². The number of nitrogens with one attached hydrogen (secondary N) is 1. The standard InChI is InChI=1S/C19H22ClN3O2/c1-14-3-8-18(25-2)17(13-14)22-9-11-23(12-10-22)19(24)21-16-6-4-15(20)5-7-16/h3-8,13H,9-12H2,1-2H3,(H,21,24). The number of halogens is 1. The summed E-state index contributed by atoms with van der Waals surface area (Å²) in [4.78, 5) is 16.5. The number of methoxy groups -OCH3 is 1. The third-order valence-electron chi connectivity index (χ3n) is 4.34. The fourth-order valence-electron chi connectivity index (χ4n) is 2.93. The fraction of sp³-hybridized carbons (Fsp3) is 0.316. The number of ether oxygens (including phenoxy) is 1. The summed E-state index contributed by atoms with van der Waals surface area (Å²) in [7, 11) is 1.68. The van der Waals surface area contributed by atoms with E-state index in [1.54, 1.807) is 31.4 Å². The zero-order valence-corrected chi connectivity index (χ0v) is 15.2. The van der Waals surface area contributed by atoms with Gasteiger partial charge in [0.25, 0.3) is 0 Å². The van der Waals surface area contributed by atoms with Gasteiger partial charge in [0, 0.05) is 36.9 Å². The highest BCUT2D eigenvalue weighted by atomic mass is 35.5. The van der Waals surface area contributed by atoms with Crippen LogP contribution in [0.4, 0.5) is 16.2 Å². The van der Waals surface area contributed by atoms with Crippen LogP contribution in [0, 0.1) is 6.92 Å². The van der Waals surface area contributed by atoms with Crippen LogP contribution < -0.4 is 15.0 Å². The van der Waals surface area contributed by atoms with E-state index in [-0.39, 0.29) is 6.03 Å². The maximum atomic E-state index is 12.4.